The Morgan fingerprint density at radius 2 is 2.18 bits per heavy atom. The number of aryl methyl sites for hydroxylation is 1. The van der Waals surface area contributed by atoms with Crippen LogP contribution in [0.2, 0.25) is 0 Å². The molecule has 0 aliphatic rings. The first-order valence-corrected chi connectivity index (χ1v) is 7.19. The molecule has 4 nitrogen and oxygen atoms in total. The van der Waals surface area contributed by atoms with E-state index in [1.54, 1.807) is 0 Å². The molecule has 0 radical (unpaired) electrons. The SMILES string of the molecule is Cc1csc(CNC(C(=O)O)c2cccc(C(F)(F)F)c2)n1. The molecule has 2 N–H and O–H groups in total. The maximum atomic E-state index is 12.7. The van der Waals surface area contributed by atoms with Gasteiger partial charge in [0.05, 0.1) is 5.56 Å². The van der Waals surface area contributed by atoms with Crippen molar-refractivity contribution in [2.24, 2.45) is 0 Å². The highest BCUT2D eigenvalue weighted by molar-refractivity contribution is 7.09. The minimum atomic E-state index is -4.51. The topological polar surface area (TPSA) is 62.2 Å². The number of carbonyl (C=O) groups is 1. The second kappa shape index (κ2) is 6.45. The number of thiazole rings is 1. The van der Waals surface area contributed by atoms with Crippen LogP contribution in [0.25, 0.3) is 0 Å². The molecule has 118 valence electrons. The van der Waals surface area contributed by atoms with Crippen LogP contribution in [0.15, 0.2) is 29.6 Å². The zero-order valence-electron chi connectivity index (χ0n) is 11.5. The van der Waals surface area contributed by atoms with E-state index in [1.165, 1.54) is 23.5 Å². The van der Waals surface area contributed by atoms with Crippen molar-refractivity contribution in [2.75, 3.05) is 0 Å². The highest BCUT2D eigenvalue weighted by Crippen LogP contribution is 2.30. The van der Waals surface area contributed by atoms with E-state index in [2.05, 4.69) is 10.3 Å². The Labute approximate surface area is 128 Å². The third kappa shape index (κ3) is 4.05. The average Bonchev–Trinajstić information content (AvgIpc) is 2.84. The molecular weight excluding hydrogens is 317 g/mol. The minimum Gasteiger partial charge on any atom is -0.480 e. The Bertz CT molecular complexity index is 670. The van der Waals surface area contributed by atoms with Crippen molar-refractivity contribution in [3.05, 3.63) is 51.5 Å². The molecule has 0 saturated heterocycles. The van der Waals surface area contributed by atoms with Gasteiger partial charge in [-0.2, -0.15) is 13.2 Å². The summed E-state index contributed by atoms with van der Waals surface area (Å²) in [5.74, 6) is -1.24. The van der Waals surface area contributed by atoms with Gasteiger partial charge in [-0.05, 0) is 24.6 Å². The first-order chi connectivity index (χ1) is 10.3. The summed E-state index contributed by atoms with van der Waals surface area (Å²) < 4.78 is 38.1. The van der Waals surface area contributed by atoms with E-state index in [1.807, 2.05) is 12.3 Å². The van der Waals surface area contributed by atoms with Crippen molar-refractivity contribution in [1.29, 1.82) is 0 Å². The number of carboxylic acids is 1. The number of nitrogens with zero attached hydrogens (tertiary/aromatic N) is 1. The average molecular weight is 330 g/mol. The molecule has 2 rings (SSSR count). The van der Waals surface area contributed by atoms with Gasteiger partial charge in [0.2, 0.25) is 0 Å². The summed E-state index contributed by atoms with van der Waals surface area (Å²) in [6.45, 7) is 1.98. The molecule has 1 aromatic carbocycles. The molecule has 1 unspecified atom stereocenters. The van der Waals surface area contributed by atoms with E-state index >= 15 is 0 Å². The molecule has 0 bridgehead atoms. The van der Waals surface area contributed by atoms with E-state index in [9.17, 15) is 23.1 Å². The zero-order chi connectivity index (χ0) is 16.3. The lowest BCUT2D eigenvalue weighted by Crippen LogP contribution is -2.28. The maximum absolute atomic E-state index is 12.7. The molecule has 0 spiro atoms. The fraction of sp³-hybridized carbons (Fsp3) is 0.286. The van der Waals surface area contributed by atoms with Crippen molar-refractivity contribution in [3.8, 4) is 0 Å². The number of benzene rings is 1. The van der Waals surface area contributed by atoms with E-state index in [-0.39, 0.29) is 12.1 Å². The van der Waals surface area contributed by atoms with Gasteiger partial charge >= 0.3 is 12.1 Å². The normalized spacial score (nSPS) is 13.1. The van der Waals surface area contributed by atoms with Crippen molar-refractivity contribution < 1.29 is 23.1 Å². The van der Waals surface area contributed by atoms with Crippen LogP contribution in [0.4, 0.5) is 13.2 Å². The van der Waals surface area contributed by atoms with Crippen LogP contribution in [0.5, 0.6) is 0 Å². The molecule has 1 aromatic heterocycles. The summed E-state index contributed by atoms with van der Waals surface area (Å²) >= 11 is 1.36. The number of halogens is 3. The molecule has 0 amide bonds. The first-order valence-electron chi connectivity index (χ1n) is 6.31. The first kappa shape index (κ1) is 16.4. The molecule has 8 heteroatoms. The quantitative estimate of drug-likeness (QED) is 0.882. The molecule has 1 atom stereocenters. The van der Waals surface area contributed by atoms with Gasteiger partial charge < -0.3 is 5.11 Å². The molecule has 0 aliphatic carbocycles. The number of alkyl halides is 3. The van der Waals surface area contributed by atoms with Gasteiger partial charge in [-0.1, -0.05) is 12.1 Å². The van der Waals surface area contributed by atoms with E-state index in [4.69, 9.17) is 0 Å². The van der Waals surface area contributed by atoms with Gasteiger partial charge in [0.1, 0.15) is 11.0 Å². The van der Waals surface area contributed by atoms with Crippen LogP contribution >= 0.6 is 11.3 Å². The Kier molecular flexibility index (Phi) is 4.82. The number of nitrogens with one attached hydrogen (secondary N) is 1. The highest BCUT2D eigenvalue weighted by Gasteiger charge is 2.31. The lowest BCUT2D eigenvalue weighted by Gasteiger charge is -2.16. The Hall–Kier alpha value is -1.93. The predicted molar refractivity (Wildman–Crippen MR) is 75.5 cm³/mol. The third-order valence-electron chi connectivity index (χ3n) is 2.92. The fourth-order valence-corrected chi connectivity index (χ4v) is 2.64. The molecular formula is C14H13F3N2O2S. The number of hydrogen-bond donors (Lipinski definition) is 2. The smallest absolute Gasteiger partial charge is 0.416 e. The Morgan fingerprint density at radius 1 is 1.45 bits per heavy atom. The van der Waals surface area contributed by atoms with Crippen LogP contribution in [-0.2, 0) is 17.5 Å². The monoisotopic (exact) mass is 330 g/mol. The van der Waals surface area contributed by atoms with Gasteiger partial charge in [0.15, 0.2) is 0 Å². The van der Waals surface area contributed by atoms with Gasteiger partial charge in [-0.25, -0.2) is 4.98 Å². The van der Waals surface area contributed by atoms with Crippen molar-refractivity contribution in [3.63, 3.8) is 0 Å². The van der Waals surface area contributed by atoms with Gasteiger partial charge in [0, 0.05) is 17.6 Å². The van der Waals surface area contributed by atoms with Crippen molar-refractivity contribution >= 4 is 17.3 Å². The number of aromatic nitrogens is 1. The fourth-order valence-electron chi connectivity index (χ4n) is 1.92. The second-order valence-corrected chi connectivity index (χ2v) is 5.60. The number of carboxylic acid groups (broad SMARTS) is 1. The lowest BCUT2D eigenvalue weighted by atomic mass is 10.0. The summed E-state index contributed by atoms with van der Waals surface area (Å²) in [5, 5.41) is 14.5. The number of rotatable bonds is 5. The predicted octanol–water partition coefficient (Wildman–Crippen LogP) is 3.39. The third-order valence-corrected chi connectivity index (χ3v) is 3.88. The summed E-state index contributed by atoms with van der Waals surface area (Å²) in [5.41, 5.74) is -0.00788. The van der Waals surface area contributed by atoms with Crippen LogP contribution in [0.3, 0.4) is 0 Å². The van der Waals surface area contributed by atoms with Gasteiger partial charge in [-0.15, -0.1) is 11.3 Å². The van der Waals surface area contributed by atoms with Crippen LogP contribution < -0.4 is 5.32 Å². The molecule has 0 fully saturated rings. The van der Waals surface area contributed by atoms with E-state index in [0.717, 1.165) is 17.8 Å². The summed E-state index contributed by atoms with van der Waals surface area (Å²) in [4.78, 5) is 15.5. The standard InChI is InChI=1S/C14H13F3N2O2S/c1-8-7-22-11(19-8)6-18-12(13(20)21)9-3-2-4-10(5-9)14(15,16)17/h2-5,7,12,18H,6H2,1H3,(H,20,21). The molecule has 22 heavy (non-hydrogen) atoms. The lowest BCUT2D eigenvalue weighted by molar-refractivity contribution is -0.140. The molecule has 2 aromatic rings. The Morgan fingerprint density at radius 3 is 2.73 bits per heavy atom. The summed E-state index contributed by atoms with van der Waals surface area (Å²) in [6, 6.07) is 3.08. The largest absolute Gasteiger partial charge is 0.480 e. The highest BCUT2D eigenvalue weighted by atomic mass is 32.1. The van der Waals surface area contributed by atoms with Crippen molar-refractivity contribution in [1.82, 2.24) is 10.3 Å². The van der Waals surface area contributed by atoms with Crippen molar-refractivity contribution in [2.45, 2.75) is 25.7 Å². The molecule has 0 saturated carbocycles. The van der Waals surface area contributed by atoms with Crippen LogP contribution in [-0.4, -0.2) is 16.1 Å². The zero-order valence-corrected chi connectivity index (χ0v) is 12.3. The summed E-state index contributed by atoms with van der Waals surface area (Å²) in [6.07, 6.45) is -4.51. The summed E-state index contributed by atoms with van der Waals surface area (Å²) in [7, 11) is 0. The maximum Gasteiger partial charge on any atom is 0.416 e. The molecule has 0 aliphatic heterocycles. The Balaban J connectivity index is 2.19. The minimum absolute atomic E-state index is 0.0515. The van der Waals surface area contributed by atoms with Gasteiger partial charge in [-0.3, -0.25) is 10.1 Å². The van der Waals surface area contributed by atoms with Gasteiger partial charge in [0.25, 0.3) is 0 Å². The number of aliphatic carboxylic acids is 1. The van der Waals surface area contributed by atoms with Crippen LogP contribution in [0.1, 0.15) is 27.9 Å². The van der Waals surface area contributed by atoms with E-state index < -0.39 is 23.8 Å². The molecule has 1 heterocycles. The second-order valence-electron chi connectivity index (χ2n) is 4.66. The van der Waals surface area contributed by atoms with Crippen LogP contribution in [0, 0.1) is 6.92 Å². The number of hydrogen-bond acceptors (Lipinski definition) is 4. The van der Waals surface area contributed by atoms with E-state index in [0.29, 0.717) is 5.01 Å².